The van der Waals surface area contributed by atoms with Crippen molar-refractivity contribution in [1.82, 2.24) is 19.9 Å². The topological polar surface area (TPSA) is 57.4 Å². The van der Waals surface area contributed by atoms with E-state index in [0.717, 1.165) is 51.6 Å². The van der Waals surface area contributed by atoms with Crippen LogP contribution in [0.25, 0.3) is 22.1 Å². The number of nitrogens with one attached hydrogen (secondary N) is 2. The molecule has 0 spiro atoms. The van der Waals surface area contributed by atoms with E-state index in [9.17, 15) is 0 Å². The number of hydrogen-bond donors (Lipinski definition) is 2. The SMILES string of the molecule is Clc1ccc(C[C@@H](Cc2nc3ccccc3[nH]2)c2nc3ccccc3[nH]2)cc1. The molecular weight excluding hydrogens is 368 g/mol. The van der Waals surface area contributed by atoms with Gasteiger partial charge in [0.05, 0.1) is 22.1 Å². The van der Waals surface area contributed by atoms with E-state index < -0.39 is 0 Å². The Hall–Kier alpha value is -3.11. The van der Waals surface area contributed by atoms with Crippen LogP contribution in [-0.4, -0.2) is 19.9 Å². The molecule has 2 N–H and O–H groups in total. The summed E-state index contributed by atoms with van der Waals surface area (Å²) >= 11 is 6.06. The molecule has 0 aliphatic carbocycles. The molecule has 28 heavy (non-hydrogen) atoms. The average molecular weight is 387 g/mol. The zero-order valence-electron chi connectivity index (χ0n) is 15.2. The molecule has 2 heterocycles. The molecule has 5 aromatic rings. The van der Waals surface area contributed by atoms with E-state index in [1.54, 1.807) is 0 Å². The molecule has 2 aromatic heterocycles. The summed E-state index contributed by atoms with van der Waals surface area (Å²) in [6, 6.07) is 24.3. The molecule has 5 heteroatoms. The van der Waals surface area contributed by atoms with Crippen LogP contribution in [0.1, 0.15) is 23.1 Å². The van der Waals surface area contributed by atoms with Crippen LogP contribution in [0, 0.1) is 0 Å². The highest BCUT2D eigenvalue weighted by Gasteiger charge is 2.19. The van der Waals surface area contributed by atoms with Gasteiger partial charge in [0.2, 0.25) is 0 Å². The monoisotopic (exact) mass is 386 g/mol. The lowest BCUT2D eigenvalue weighted by atomic mass is 9.95. The molecular formula is C23H19ClN4. The number of imidazole rings is 2. The Morgan fingerprint density at radius 1 is 0.714 bits per heavy atom. The van der Waals surface area contributed by atoms with Crippen molar-refractivity contribution in [3.63, 3.8) is 0 Å². The molecule has 0 amide bonds. The number of benzene rings is 3. The van der Waals surface area contributed by atoms with Crippen LogP contribution in [0.5, 0.6) is 0 Å². The minimum atomic E-state index is 0.175. The molecule has 0 unspecified atom stereocenters. The third kappa shape index (κ3) is 3.39. The first-order chi connectivity index (χ1) is 13.7. The summed E-state index contributed by atoms with van der Waals surface area (Å²) in [4.78, 5) is 16.6. The maximum absolute atomic E-state index is 6.06. The van der Waals surface area contributed by atoms with Gasteiger partial charge in [-0.15, -0.1) is 0 Å². The van der Waals surface area contributed by atoms with Gasteiger partial charge in [-0.3, -0.25) is 0 Å². The predicted molar refractivity (Wildman–Crippen MR) is 114 cm³/mol. The zero-order valence-corrected chi connectivity index (χ0v) is 15.9. The van der Waals surface area contributed by atoms with Crippen LogP contribution < -0.4 is 0 Å². The minimum Gasteiger partial charge on any atom is -0.342 e. The van der Waals surface area contributed by atoms with Crippen LogP contribution in [0.2, 0.25) is 5.02 Å². The molecule has 0 bridgehead atoms. The molecule has 0 radical (unpaired) electrons. The maximum Gasteiger partial charge on any atom is 0.111 e. The fourth-order valence-corrected chi connectivity index (χ4v) is 3.80. The van der Waals surface area contributed by atoms with E-state index in [-0.39, 0.29) is 5.92 Å². The molecule has 3 aromatic carbocycles. The number of rotatable bonds is 5. The van der Waals surface area contributed by atoms with Crippen molar-refractivity contribution in [2.24, 2.45) is 0 Å². The van der Waals surface area contributed by atoms with E-state index in [0.29, 0.717) is 0 Å². The van der Waals surface area contributed by atoms with Crippen molar-refractivity contribution in [3.8, 4) is 0 Å². The second-order valence-electron chi connectivity index (χ2n) is 7.07. The highest BCUT2D eigenvalue weighted by molar-refractivity contribution is 6.30. The summed E-state index contributed by atoms with van der Waals surface area (Å²) in [6.07, 6.45) is 1.63. The first kappa shape index (κ1) is 17.0. The number of para-hydroxylation sites is 4. The normalized spacial score (nSPS) is 12.6. The largest absolute Gasteiger partial charge is 0.342 e. The summed E-state index contributed by atoms with van der Waals surface area (Å²) in [6.45, 7) is 0. The summed E-state index contributed by atoms with van der Waals surface area (Å²) in [5, 5.41) is 0.751. The third-order valence-electron chi connectivity index (χ3n) is 5.07. The lowest BCUT2D eigenvalue weighted by Gasteiger charge is -2.14. The summed E-state index contributed by atoms with van der Waals surface area (Å²) in [5.74, 6) is 2.13. The minimum absolute atomic E-state index is 0.175. The molecule has 5 rings (SSSR count). The highest BCUT2D eigenvalue weighted by atomic mass is 35.5. The summed E-state index contributed by atoms with van der Waals surface area (Å²) < 4.78 is 0. The quantitative estimate of drug-likeness (QED) is 0.409. The Labute approximate surface area is 167 Å². The van der Waals surface area contributed by atoms with Gasteiger partial charge in [0.15, 0.2) is 0 Å². The number of aromatic nitrogens is 4. The Balaban J connectivity index is 1.51. The standard InChI is InChI=1S/C23H19ClN4/c24-17-11-9-15(10-12-17)13-16(23-27-20-7-3-4-8-21(20)28-23)14-22-25-18-5-1-2-6-19(18)26-22/h1-12,16H,13-14H2,(H,25,26)(H,27,28)/t16-/m0/s1. The van der Waals surface area contributed by atoms with Crippen molar-refractivity contribution in [3.05, 3.63) is 95.0 Å². The fraction of sp³-hybridized carbons (Fsp3) is 0.130. The van der Waals surface area contributed by atoms with Gasteiger partial charge in [-0.2, -0.15) is 0 Å². The summed E-state index contributed by atoms with van der Waals surface area (Å²) in [7, 11) is 0. The van der Waals surface area contributed by atoms with Gasteiger partial charge < -0.3 is 9.97 Å². The maximum atomic E-state index is 6.06. The fourth-order valence-electron chi connectivity index (χ4n) is 3.67. The Bertz CT molecular complexity index is 1170. The van der Waals surface area contributed by atoms with E-state index in [4.69, 9.17) is 21.6 Å². The Morgan fingerprint density at radius 2 is 1.36 bits per heavy atom. The van der Waals surface area contributed by atoms with Crippen molar-refractivity contribution in [2.75, 3.05) is 0 Å². The molecule has 0 saturated carbocycles. The average Bonchev–Trinajstić information content (AvgIpc) is 3.32. The van der Waals surface area contributed by atoms with E-state index in [2.05, 4.69) is 34.2 Å². The number of fused-ring (bicyclic) bond motifs is 2. The van der Waals surface area contributed by atoms with E-state index in [1.807, 2.05) is 48.5 Å². The van der Waals surface area contributed by atoms with Gasteiger partial charge in [0.25, 0.3) is 0 Å². The molecule has 0 aliphatic heterocycles. The lowest BCUT2D eigenvalue weighted by Crippen LogP contribution is -2.10. The van der Waals surface area contributed by atoms with Crippen molar-refractivity contribution in [2.45, 2.75) is 18.8 Å². The summed E-state index contributed by atoms with van der Waals surface area (Å²) in [5.41, 5.74) is 5.33. The Morgan fingerprint density at radius 3 is 2.04 bits per heavy atom. The van der Waals surface area contributed by atoms with Crippen LogP contribution in [0.3, 0.4) is 0 Å². The predicted octanol–water partition coefficient (Wildman–Crippen LogP) is 5.66. The lowest BCUT2D eigenvalue weighted by molar-refractivity contribution is 0.628. The van der Waals surface area contributed by atoms with Gasteiger partial charge in [-0.1, -0.05) is 48.0 Å². The first-order valence-electron chi connectivity index (χ1n) is 9.37. The molecule has 138 valence electrons. The van der Waals surface area contributed by atoms with Gasteiger partial charge in [-0.05, 0) is 48.4 Å². The molecule has 1 atom stereocenters. The van der Waals surface area contributed by atoms with Crippen molar-refractivity contribution < 1.29 is 0 Å². The third-order valence-corrected chi connectivity index (χ3v) is 5.32. The van der Waals surface area contributed by atoms with Gasteiger partial charge in [0.1, 0.15) is 11.6 Å². The zero-order chi connectivity index (χ0) is 18.9. The number of H-pyrrole nitrogens is 2. The van der Waals surface area contributed by atoms with Gasteiger partial charge in [-0.25, -0.2) is 9.97 Å². The van der Waals surface area contributed by atoms with Gasteiger partial charge in [0, 0.05) is 17.4 Å². The number of halogens is 1. The second-order valence-corrected chi connectivity index (χ2v) is 7.51. The molecule has 0 aliphatic rings. The van der Waals surface area contributed by atoms with E-state index >= 15 is 0 Å². The van der Waals surface area contributed by atoms with E-state index in [1.165, 1.54) is 5.56 Å². The second kappa shape index (κ2) is 7.13. The first-order valence-corrected chi connectivity index (χ1v) is 9.75. The number of hydrogen-bond acceptors (Lipinski definition) is 2. The van der Waals surface area contributed by atoms with Crippen LogP contribution in [-0.2, 0) is 12.8 Å². The van der Waals surface area contributed by atoms with Crippen LogP contribution in [0.4, 0.5) is 0 Å². The highest BCUT2D eigenvalue weighted by Crippen LogP contribution is 2.26. The number of aromatic amines is 2. The molecule has 0 saturated heterocycles. The van der Waals surface area contributed by atoms with Gasteiger partial charge >= 0.3 is 0 Å². The molecule has 0 fully saturated rings. The van der Waals surface area contributed by atoms with Crippen LogP contribution >= 0.6 is 11.6 Å². The van der Waals surface area contributed by atoms with Crippen molar-refractivity contribution in [1.29, 1.82) is 0 Å². The van der Waals surface area contributed by atoms with Crippen LogP contribution in [0.15, 0.2) is 72.8 Å². The Kier molecular flexibility index (Phi) is 4.34. The number of nitrogens with zero attached hydrogens (tertiary/aromatic N) is 2. The molecule has 4 nitrogen and oxygen atoms in total. The van der Waals surface area contributed by atoms with Crippen molar-refractivity contribution >= 4 is 33.7 Å². The smallest absolute Gasteiger partial charge is 0.111 e.